The minimum atomic E-state index is -0.666. The van der Waals surface area contributed by atoms with Gasteiger partial charge in [-0.3, -0.25) is 9.69 Å². The van der Waals surface area contributed by atoms with E-state index in [1.165, 1.54) is 31.4 Å². The third kappa shape index (κ3) is 5.81. The molecule has 5 rings (SSSR count). The van der Waals surface area contributed by atoms with E-state index in [0.717, 1.165) is 16.5 Å². The van der Waals surface area contributed by atoms with Crippen LogP contribution < -0.4 is 5.32 Å². The minimum absolute atomic E-state index is 0.0383. The van der Waals surface area contributed by atoms with E-state index < -0.39 is 17.9 Å². The van der Waals surface area contributed by atoms with Crippen LogP contribution in [0.3, 0.4) is 0 Å². The number of dihydropyridines is 1. The number of benzene rings is 2. The van der Waals surface area contributed by atoms with Crippen molar-refractivity contribution in [2.45, 2.75) is 32.6 Å². The summed E-state index contributed by atoms with van der Waals surface area (Å²) in [6.07, 6.45) is 3.20. The molecule has 0 bridgehead atoms. The number of rotatable bonds is 8. The molecule has 2 N–H and O–H groups in total. The largest absolute Gasteiger partial charge is 0.466 e. The fourth-order valence-electron chi connectivity index (χ4n) is 5.90. The first kappa shape index (κ1) is 28.3. The zero-order valence-electron chi connectivity index (χ0n) is 23.5. The summed E-state index contributed by atoms with van der Waals surface area (Å²) in [6, 6.07) is 13.4. The third-order valence-corrected chi connectivity index (χ3v) is 8.05. The SMILES string of the molecule is COC(=O)C1=C(C)NC(C)=C(C(=O)OCCN2CCC(C(=O)c3ccc(F)cc3)CC2)C1c1c[nH]c2ccccc12. The van der Waals surface area contributed by atoms with Crippen LogP contribution in [0.4, 0.5) is 4.39 Å². The first-order valence-corrected chi connectivity index (χ1v) is 13.8. The van der Waals surface area contributed by atoms with E-state index in [9.17, 15) is 18.8 Å². The summed E-state index contributed by atoms with van der Waals surface area (Å²) in [5.41, 5.74) is 4.20. The summed E-state index contributed by atoms with van der Waals surface area (Å²) in [6.45, 7) is 5.70. The Morgan fingerprint density at radius 1 is 0.951 bits per heavy atom. The lowest BCUT2D eigenvalue weighted by molar-refractivity contribution is -0.140. The maximum atomic E-state index is 13.6. The Balaban J connectivity index is 1.25. The second-order valence-corrected chi connectivity index (χ2v) is 10.5. The molecule has 8 nitrogen and oxygen atoms in total. The average Bonchev–Trinajstić information content (AvgIpc) is 3.40. The van der Waals surface area contributed by atoms with Crippen molar-refractivity contribution in [1.82, 2.24) is 15.2 Å². The number of aromatic nitrogens is 1. The molecule has 0 amide bonds. The van der Waals surface area contributed by atoms with Crippen LogP contribution in [0.5, 0.6) is 0 Å². The van der Waals surface area contributed by atoms with E-state index in [2.05, 4.69) is 15.2 Å². The molecule has 0 aliphatic carbocycles. The van der Waals surface area contributed by atoms with Crippen molar-refractivity contribution in [3.63, 3.8) is 0 Å². The number of H-pyrrole nitrogens is 1. The maximum absolute atomic E-state index is 13.6. The van der Waals surface area contributed by atoms with Crippen molar-refractivity contribution < 1.29 is 28.2 Å². The molecular weight excluding hydrogens is 525 g/mol. The number of hydrogen-bond acceptors (Lipinski definition) is 7. The van der Waals surface area contributed by atoms with Gasteiger partial charge in [-0.15, -0.1) is 0 Å². The van der Waals surface area contributed by atoms with Gasteiger partial charge in [-0.05, 0) is 75.7 Å². The highest BCUT2D eigenvalue weighted by atomic mass is 19.1. The van der Waals surface area contributed by atoms with Gasteiger partial charge in [0, 0.05) is 46.5 Å². The summed E-state index contributed by atoms with van der Waals surface area (Å²) >= 11 is 0. The van der Waals surface area contributed by atoms with Gasteiger partial charge in [0.25, 0.3) is 0 Å². The van der Waals surface area contributed by atoms with Crippen LogP contribution in [0.25, 0.3) is 10.9 Å². The van der Waals surface area contributed by atoms with Crippen molar-refractivity contribution >= 4 is 28.6 Å². The number of nitrogens with one attached hydrogen (secondary N) is 2. The number of fused-ring (bicyclic) bond motifs is 1. The maximum Gasteiger partial charge on any atom is 0.336 e. The summed E-state index contributed by atoms with van der Waals surface area (Å²) in [4.78, 5) is 44.7. The van der Waals surface area contributed by atoms with Crippen molar-refractivity contribution in [3.05, 3.63) is 94.2 Å². The van der Waals surface area contributed by atoms with Crippen molar-refractivity contribution in [2.75, 3.05) is 33.4 Å². The Bertz CT molecular complexity index is 1530. The normalized spacial score (nSPS) is 18.4. The molecule has 1 atom stereocenters. The number of methoxy groups -OCH3 is 1. The summed E-state index contributed by atoms with van der Waals surface area (Å²) in [5.74, 6) is -2.11. The van der Waals surface area contributed by atoms with Gasteiger partial charge >= 0.3 is 11.9 Å². The van der Waals surface area contributed by atoms with E-state index >= 15 is 0 Å². The highest BCUT2D eigenvalue weighted by molar-refractivity contribution is 6.02. The number of esters is 2. The number of halogens is 1. The molecule has 41 heavy (non-hydrogen) atoms. The molecule has 1 unspecified atom stereocenters. The molecule has 214 valence electrons. The molecule has 9 heteroatoms. The standard InChI is InChI=1S/C32H34FN3O5/c1-19-27(31(38)40-3)29(25-18-34-26-7-5-4-6-24(25)26)28(20(2)35-19)32(39)41-17-16-36-14-12-22(13-15-36)30(37)21-8-10-23(33)11-9-21/h4-11,18,22,29,34-35H,12-17H2,1-3H3. The highest BCUT2D eigenvalue weighted by Gasteiger charge is 2.39. The third-order valence-electron chi connectivity index (χ3n) is 8.05. The van der Waals surface area contributed by atoms with Gasteiger partial charge in [0.2, 0.25) is 0 Å². The monoisotopic (exact) mass is 559 g/mol. The molecule has 3 heterocycles. The molecule has 0 radical (unpaired) electrons. The molecule has 1 saturated heterocycles. The number of carbonyl (C=O) groups is 3. The molecule has 2 aliphatic heterocycles. The zero-order chi connectivity index (χ0) is 29.1. The van der Waals surface area contributed by atoms with Gasteiger partial charge < -0.3 is 19.8 Å². The summed E-state index contributed by atoms with van der Waals surface area (Å²) < 4.78 is 24.1. The van der Waals surface area contributed by atoms with Crippen LogP contribution in [0, 0.1) is 11.7 Å². The van der Waals surface area contributed by atoms with E-state index in [1.807, 2.05) is 30.5 Å². The molecule has 3 aromatic rings. The molecular formula is C32H34FN3O5. The lowest BCUT2D eigenvalue weighted by Gasteiger charge is -2.32. The molecule has 1 fully saturated rings. The van der Waals surface area contributed by atoms with Gasteiger partial charge in [-0.25, -0.2) is 14.0 Å². The first-order chi connectivity index (χ1) is 19.8. The number of hydrogen-bond donors (Lipinski definition) is 2. The summed E-state index contributed by atoms with van der Waals surface area (Å²) in [7, 11) is 1.33. The fraction of sp³-hybridized carbons (Fsp3) is 0.344. The number of para-hydroxylation sites is 1. The van der Waals surface area contributed by atoms with Gasteiger partial charge in [0.1, 0.15) is 12.4 Å². The van der Waals surface area contributed by atoms with Crippen molar-refractivity contribution in [1.29, 1.82) is 0 Å². The van der Waals surface area contributed by atoms with Crippen LogP contribution in [0.15, 0.2) is 77.3 Å². The van der Waals surface area contributed by atoms with E-state index in [-0.39, 0.29) is 24.1 Å². The number of aromatic amines is 1. The Morgan fingerprint density at radius 2 is 1.61 bits per heavy atom. The van der Waals surface area contributed by atoms with Crippen molar-refractivity contribution in [3.8, 4) is 0 Å². The number of nitrogens with zero attached hydrogens (tertiary/aromatic N) is 1. The Morgan fingerprint density at radius 3 is 2.29 bits per heavy atom. The highest BCUT2D eigenvalue weighted by Crippen LogP contribution is 2.41. The molecule has 0 spiro atoms. The summed E-state index contributed by atoms with van der Waals surface area (Å²) in [5, 5.41) is 4.08. The molecule has 2 aromatic carbocycles. The quantitative estimate of drug-likeness (QED) is 0.301. The zero-order valence-corrected chi connectivity index (χ0v) is 23.5. The number of allylic oxidation sites excluding steroid dienone is 2. The van der Waals surface area contributed by atoms with Crippen LogP contribution in [0.2, 0.25) is 0 Å². The van der Waals surface area contributed by atoms with Crippen LogP contribution in [-0.4, -0.2) is 61.0 Å². The van der Waals surface area contributed by atoms with Gasteiger partial charge in [0.15, 0.2) is 5.78 Å². The first-order valence-electron chi connectivity index (χ1n) is 13.8. The predicted octanol–water partition coefficient (Wildman–Crippen LogP) is 4.85. The second kappa shape index (κ2) is 12.1. The molecule has 0 saturated carbocycles. The van der Waals surface area contributed by atoms with Crippen LogP contribution >= 0.6 is 0 Å². The Hall–Kier alpha value is -4.24. The topological polar surface area (TPSA) is 101 Å². The predicted molar refractivity (Wildman–Crippen MR) is 152 cm³/mol. The van der Waals surface area contributed by atoms with Gasteiger partial charge in [0.05, 0.1) is 24.2 Å². The fourth-order valence-corrected chi connectivity index (χ4v) is 5.90. The van der Waals surface area contributed by atoms with Crippen LogP contribution in [0.1, 0.15) is 48.5 Å². The number of ketones is 1. The smallest absolute Gasteiger partial charge is 0.336 e. The number of Topliss-reactive ketones (excluding diaryl/α,β-unsaturated/α-hetero) is 1. The number of ether oxygens (including phenoxy) is 2. The van der Waals surface area contributed by atoms with Gasteiger partial charge in [-0.1, -0.05) is 18.2 Å². The molecule has 2 aliphatic rings. The number of piperidine rings is 1. The number of likely N-dealkylation sites (tertiary alicyclic amines) is 1. The van der Waals surface area contributed by atoms with Crippen LogP contribution in [-0.2, 0) is 19.1 Å². The Labute approximate surface area is 238 Å². The van der Waals surface area contributed by atoms with E-state index in [1.54, 1.807) is 13.8 Å². The second-order valence-electron chi connectivity index (χ2n) is 10.5. The minimum Gasteiger partial charge on any atom is -0.466 e. The van der Waals surface area contributed by atoms with E-state index in [0.29, 0.717) is 60.6 Å². The average molecular weight is 560 g/mol. The van der Waals surface area contributed by atoms with Gasteiger partial charge in [-0.2, -0.15) is 0 Å². The molecule has 1 aromatic heterocycles. The lowest BCUT2D eigenvalue weighted by Crippen LogP contribution is -2.39. The Kier molecular flexibility index (Phi) is 8.35. The lowest BCUT2D eigenvalue weighted by atomic mass is 9.80. The van der Waals surface area contributed by atoms with E-state index in [4.69, 9.17) is 9.47 Å². The van der Waals surface area contributed by atoms with Crippen molar-refractivity contribution in [2.24, 2.45) is 5.92 Å². The number of carbonyl (C=O) groups excluding carboxylic acids is 3.